The second-order valence-corrected chi connectivity index (χ2v) is 7.98. The quantitative estimate of drug-likeness (QED) is 0.790. The Hall–Kier alpha value is -1.67. The van der Waals surface area contributed by atoms with Crippen LogP contribution in [0.3, 0.4) is 0 Å². The highest BCUT2D eigenvalue weighted by Gasteiger charge is 2.30. The zero-order valence-corrected chi connectivity index (χ0v) is 15.7. The SMILES string of the molecule is Cc1ccc(OC2CCC(NC(=O)CN3C(=O)CSC3=S)CC2)nc1. The molecule has 0 aromatic carbocycles. The summed E-state index contributed by atoms with van der Waals surface area (Å²) in [5, 5.41) is 3.01. The Morgan fingerprint density at radius 3 is 2.76 bits per heavy atom. The smallest absolute Gasteiger partial charge is 0.240 e. The van der Waals surface area contributed by atoms with Crippen molar-refractivity contribution in [3.8, 4) is 5.88 Å². The Bertz CT molecular complexity index is 642. The van der Waals surface area contributed by atoms with Crippen molar-refractivity contribution in [2.24, 2.45) is 0 Å². The Morgan fingerprint density at radius 1 is 1.40 bits per heavy atom. The molecule has 0 atom stereocenters. The van der Waals surface area contributed by atoms with Gasteiger partial charge in [0.05, 0.1) is 5.75 Å². The lowest BCUT2D eigenvalue weighted by Gasteiger charge is -2.29. The van der Waals surface area contributed by atoms with Crippen LogP contribution in [0.15, 0.2) is 18.3 Å². The molecule has 3 rings (SSSR count). The first-order valence-electron chi connectivity index (χ1n) is 8.37. The lowest BCUT2D eigenvalue weighted by molar-refractivity contribution is -0.130. The van der Waals surface area contributed by atoms with Crippen molar-refractivity contribution >= 4 is 40.1 Å². The highest BCUT2D eigenvalue weighted by atomic mass is 32.2. The molecule has 8 heteroatoms. The number of thiocarbonyl (C=S) groups is 1. The van der Waals surface area contributed by atoms with Gasteiger partial charge in [-0.2, -0.15) is 0 Å². The number of hydrogen-bond acceptors (Lipinski definition) is 6. The van der Waals surface area contributed by atoms with Gasteiger partial charge in [0.15, 0.2) is 0 Å². The fraction of sp³-hybridized carbons (Fsp3) is 0.529. The van der Waals surface area contributed by atoms with E-state index in [1.807, 2.05) is 19.1 Å². The van der Waals surface area contributed by atoms with E-state index in [9.17, 15) is 9.59 Å². The van der Waals surface area contributed by atoms with E-state index >= 15 is 0 Å². The Kier molecular flexibility index (Phi) is 5.90. The van der Waals surface area contributed by atoms with Gasteiger partial charge in [0.1, 0.15) is 17.0 Å². The van der Waals surface area contributed by atoms with Crippen LogP contribution in [0.1, 0.15) is 31.2 Å². The van der Waals surface area contributed by atoms with Gasteiger partial charge in [-0.15, -0.1) is 0 Å². The number of aryl methyl sites for hydroxylation is 1. The lowest BCUT2D eigenvalue weighted by atomic mass is 9.93. The van der Waals surface area contributed by atoms with E-state index < -0.39 is 0 Å². The molecule has 0 radical (unpaired) electrons. The molecule has 1 aromatic rings. The minimum atomic E-state index is -0.150. The van der Waals surface area contributed by atoms with Crippen LogP contribution in [0, 0.1) is 6.92 Å². The van der Waals surface area contributed by atoms with Crippen LogP contribution >= 0.6 is 24.0 Å². The van der Waals surface area contributed by atoms with Crippen molar-refractivity contribution in [3.63, 3.8) is 0 Å². The first-order chi connectivity index (χ1) is 12.0. The maximum Gasteiger partial charge on any atom is 0.240 e. The summed E-state index contributed by atoms with van der Waals surface area (Å²) < 4.78 is 6.39. The molecule has 2 amide bonds. The van der Waals surface area contributed by atoms with Gasteiger partial charge in [-0.1, -0.05) is 30.0 Å². The molecule has 1 saturated carbocycles. The molecule has 1 aromatic heterocycles. The molecule has 1 aliphatic carbocycles. The van der Waals surface area contributed by atoms with Crippen LogP contribution in [0.25, 0.3) is 0 Å². The van der Waals surface area contributed by atoms with Gasteiger partial charge < -0.3 is 10.1 Å². The van der Waals surface area contributed by atoms with Crippen LogP contribution in [-0.4, -0.2) is 50.5 Å². The molecule has 6 nitrogen and oxygen atoms in total. The first-order valence-corrected chi connectivity index (χ1v) is 9.76. The zero-order valence-electron chi connectivity index (χ0n) is 14.1. The van der Waals surface area contributed by atoms with Crippen LogP contribution in [-0.2, 0) is 9.59 Å². The molecular formula is C17H21N3O3S2. The van der Waals surface area contributed by atoms with Crippen molar-refractivity contribution in [1.29, 1.82) is 0 Å². The number of hydrogen-bond donors (Lipinski definition) is 1. The molecule has 25 heavy (non-hydrogen) atoms. The number of pyridine rings is 1. The van der Waals surface area contributed by atoms with Gasteiger partial charge in [0.25, 0.3) is 0 Å². The number of aromatic nitrogens is 1. The summed E-state index contributed by atoms with van der Waals surface area (Å²) in [6.07, 6.45) is 5.39. The van der Waals surface area contributed by atoms with Crippen molar-refractivity contribution in [1.82, 2.24) is 15.2 Å². The van der Waals surface area contributed by atoms with Crippen molar-refractivity contribution in [2.75, 3.05) is 12.3 Å². The van der Waals surface area contributed by atoms with Crippen LogP contribution in [0.4, 0.5) is 0 Å². The van der Waals surface area contributed by atoms with E-state index in [1.54, 1.807) is 6.20 Å². The van der Waals surface area contributed by atoms with E-state index in [0.717, 1.165) is 31.2 Å². The molecule has 2 aliphatic rings. The maximum atomic E-state index is 12.1. The molecule has 1 saturated heterocycles. The molecule has 1 aliphatic heterocycles. The van der Waals surface area contributed by atoms with Crippen molar-refractivity contribution in [3.05, 3.63) is 23.9 Å². The van der Waals surface area contributed by atoms with Crippen LogP contribution < -0.4 is 10.1 Å². The van der Waals surface area contributed by atoms with Gasteiger partial charge in [0.2, 0.25) is 17.7 Å². The first kappa shape index (κ1) is 18.1. The summed E-state index contributed by atoms with van der Waals surface area (Å²) in [6, 6.07) is 3.99. The molecule has 1 N–H and O–H groups in total. The number of ether oxygens (including phenoxy) is 1. The standard InChI is InChI=1S/C17H21N3O3S2/c1-11-2-7-15(18-8-11)23-13-5-3-12(4-6-13)19-14(21)9-20-16(22)10-25-17(20)24/h2,7-8,12-13H,3-6,9-10H2,1H3,(H,19,21). The highest BCUT2D eigenvalue weighted by Crippen LogP contribution is 2.23. The predicted octanol–water partition coefficient (Wildman–Crippen LogP) is 2.06. The maximum absolute atomic E-state index is 12.1. The second kappa shape index (κ2) is 8.14. The van der Waals surface area contributed by atoms with Gasteiger partial charge in [-0.25, -0.2) is 4.98 Å². The summed E-state index contributed by atoms with van der Waals surface area (Å²) in [6.45, 7) is 2.01. The topological polar surface area (TPSA) is 71.5 Å². The molecule has 134 valence electrons. The third-order valence-electron chi connectivity index (χ3n) is 4.35. The van der Waals surface area contributed by atoms with Gasteiger partial charge in [0, 0.05) is 18.3 Å². The molecular weight excluding hydrogens is 358 g/mol. The third-order valence-corrected chi connectivity index (χ3v) is 5.79. The minimum absolute atomic E-state index is 0.0222. The van der Waals surface area contributed by atoms with E-state index in [4.69, 9.17) is 17.0 Å². The summed E-state index contributed by atoms with van der Waals surface area (Å²) >= 11 is 6.40. The lowest BCUT2D eigenvalue weighted by Crippen LogP contribution is -2.45. The van der Waals surface area contributed by atoms with Crippen molar-refractivity contribution in [2.45, 2.75) is 44.8 Å². The van der Waals surface area contributed by atoms with E-state index in [-0.39, 0.29) is 30.5 Å². The average molecular weight is 380 g/mol. The minimum Gasteiger partial charge on any atom is -0.474 e. The number of nitrogens with one attached hydrogen (secondary N) is 1. The molecule has 2 heterocycles. The average Bonchev–Trinajstić information content (AvgIpc) is 2.90. The number of amides is 2. The predicted molar refractivity (Wildman–Crippen MR) is 101 cm³/mol. The number of carbonyl (C=O) groups excluding carboxylic acids is 2. The fourth-order valence-corrected chi connectivity index (χ4v) is 4.04. The number of thioether (sulfide) groups is 1. The van der Waals surface area contributed by atoms with Crippen molar-refractivity contribution < 1.29 is 14.3 Å². The summed E-state index contributed by atoms with van der Waals surface area (Å²) in [4.78, 5) is 29.5. The summed E-state index contributed by atoms with van der Waals surface area (Å²) in [5.74, 6) is 0.744. The highest BCUT2D eigenvalue weighted by molar-refractivity contribution is 8.23. The van der Waals surface area contributed by atoms with E-state index in [0.29, 0.717) is 16.0 Å². The normalized spacial score (nSPS) is 23.6. The number of nitrogens with zero attached hydrogens (tertiary/aromatic N) is 2. The van der Waals surface area contributed by atoms with Crippen LogP contribution in [0.2, 0.25) is 0 Å². The third kappa shape index (κ3) is 4.92. The molecule has 0 bridgehead atoms. The fourth-order valence-electron chi connectivity index (χ4n) is 2.97. The molecule has 0 unspecified atom stereocenters. The molecule has 0 spiro atoms. The molecule has 2 fully saturated rings. The van der Waals surface area contributed by atoms with Gasteiger partial charge in [-0.05, 0) is 38.2 Å². The van der Waals surface area contributed by atoms with E-state index in [1.165, 1.54) is 16.7 Å². The zero-order chi connectivity index (χ0) is 17.8. The Morgan fingerprint density at radius 2 is 2.16 bits per heavy atom. The summed E-state index contributed by atoms with van der Waals surface area (Å²) in [5.41, 5.74) is 1.10. The van der Waals surface area contributed by atoms with E-state index in [2.05, 4.69) is 10.3 Å². The van der Waals surface area contributed by atoms with Gasteiger partial charge >= 0.3 is 0 Å². The van der Waals surface area contributed by atoms with Crippen LogP contribution in [0.5, 0.6) is 5.88 Å². The largest absolute Gasteiger partial charge is 0.474 e. The monoisotopic (exact) mass is 379 g/mol. The Labute approximate surface area is 156 Å². The summed E-state index contributed by atoms with van der Waals surface area (Å²) in [7, 11) is 0. The Balaban J connectivity index is 1.41. The number of carbonyl (C=O) groups is 2. The number of rotatable bonds is 5. The van der Waals surface area contributed by atoms with Gasteiger partial charge in [-0.3, -0.25) is 14.5 Å². The second-order valence-electron chi connectivity index (χ2n) is 6.37.